The maximum atomic E-state index is 13.8. The number of hydrogen-bond donors (Lipinski definition) is 1. The highest BCUT2D eigenvalue weighted by atomic mass is 19.1. The number of anilines is 1. The lowest BCUT2D eigenvalue weighted by Crippen LogP contribution is -2.30. The van der Waals surface area contributed by atoms with E-state index in [4.69, 9.17) is 0 Å². The highest BCUT2D eigenvalue weighted by Crippen LogP contribution is 2.15. The van der Waals surface area contributed by atoms with Crippen molar-refractivity contribution in [3.8, 4) is 0 Å². The molecule has 1 heterocycles. The molecule has 0 unspecified atom stereocenters. The number of aromatic nitrogens is 2. The molecule has 0 saturated carbocycles. The predicted molar refractivity (Wildman–Crippen MR) is 90.5 cm³/mol. The zero-order valence-electron chi connectivity index (χ0n) is 13.3. The molecule has 24 heavy (non-hydrogen) atoms. The van der Waals surface area contributed by atoms with Crippen LogP contribution >= 0.6 is 0 Å². The van der Waals surface area contributed by atoms with Gasteiger partial charge in [-0.15, -0.1) is 0 Å². The smallest absolute Gasteiger partial charge is 0.275 e. The van der Waals surface area contributed by atoms with Gasteiger partial charge in [-0.3, -0.25) is 9.59 Å². The van der Waals surface area contributed by atoms with Gasteiger partial charge in [0.25, 0.3) is 5.56 Å². The maximum Gasteiger partial charge on any atom is 0.275 e. The molecule has 0 bridgehead atoms. The molecule has 0 saturated heterocycles. The molecule has 0 fully saturated rings. The van der Waals surface area contributed by atoms with E-state index < -0.39 is 11.7 Å². The zero-order valence-corrected chi connectivity index (χ0v) is 13.3. The first-order valence-corrected chi connectivity index (χ1v) is 7.48. The molecule has 6 heteroatoms. The lowest BCUT2D eigenvalue weighted by atomic mass is 10.1. The number of halogens is 1. The number of amides is 1. The number of fused-ring (bicyclic) bond motifs is 1. The lowest BCUT2D eigenvalue weighted by molar-refractivity contribution is -0.117. The summed E-state index contributed by atoms with van der Waals surface area (Å²) in [5.41, 5.74) is 1.14. The van der Waals surface area contributed by atoms with Crippen molar-refractivity contribution in [1.82, 2.24) is 9.78 Å². The maximum absolute atomic E-state index is 13.8. The number of benzene rings is 2. The number of aryl methyl sites for hydroxylation is 2. The van der Waals surface area contributed by atoms with E-state index in [2.05, 4.69) is 10.4 Å². The Morgan fingerprint density at radius 2 is 1.88 bits per heavy atom. The van der Waals surface area contributed by atoms with Crippen LogP contribution in [0.3, 0.4) is 0 Å². The normalized spacial score (nSPS) is 10.8. The molecule has 0 atom stereocenters. The van der Waals surface area contributed by atoms with E-state index in [1.54, 1.807) is 32.0 Å². The van der Waals surface area contributed by atoms with Crippen molar-refractivity contribution in [2.45, 2.75) is 20.4 Å². The second-order valence-electron chi connectivity index (χ2n) is 5.63. The lowest BCUT2D eigenvalue weighted by Gasteiger charge is -2.10. The van der Waals surface area contributed by atoms with Crippen molar-refractivity contribution in [2.24, 2.45) is 0 Å². The van der Waals surface area contributed by atoms with Crippen LogP contribution in [-0.4, -0.2) is 15.7 Å². The first kappa shape index (κ1) is 15.9. The summed E-state index contributed by atoms with van der Waals surface area (Å²) in [6.45, 7) is 3.25. The van der Waals surface area contributed by atoms with Gasteiger partial charge in [0.2, 0.25) is 5.91 Å². The van der Waals surface area contributed by atoms with Gasteiger partial charge in [0, 0.05) is 5.39 Å². The van der Waals surface area contributed by atoms with Crippen LogP contribution in [0.1, 0.15) is 11.3 Å². The van der Waals surface area contributed by atoms with Crippen LogP contribution in [0.5, 0.6) is 0 Å². The standard InChI is InChI=1S/C18H16FN3O2/c1-11-7-8-16(15(19)9-11)20-17(23)10-22-18(24)14-6-4-3-5-13(14)12(2)21-22/h3-9H,10H2,1-2H3,(H,20,23). The third-order valence-corrected chi connectivity index (χ3v) is 3.74. The van der Waals surface area contributed by atoms with Gasteiger partial charge in [-0.25, -0.2) is 9.07 Å². The van der Waals surface area contributed by atoms with Crippen LogP contribution < -0.4 is 10.9 Å². The highest BCUT2D eigenvalue weighted by molar-refractivity contribution is 5.91. The Balaban J connectivity index is 1.88. The predicted octanol–water partition coefficient (Wildman–Crippen LogP) is 2.79. The molecular formula is C18H16FN3O2. The van der Waals surface area contributed by atoms with Gasteiger partial charge < -0.3 is 5.32 Å². The Labute approximate surface area is 137 Å². The van der Waals surface area contributed by atoms with Crippen molar-refractivity contribution in [2.75, 3.05) is 5.32 Å². The average Bonchev–Trinajstić information content (AvgIpc) is 2.55. The van der Waals surface area contributed by atoms with E-state index in [1.165, 1.54) is 12.1 Å². The Bertz CT molecular complexity index is 995. The number of carbonyl (C=O) groups is 1. The highest BCUT2D eigenvalue weighted by Gasteiger charge is 2.12. The van der Waals surface area contributed by atoms with Crippen molar-refractivity contribution < 1.29 is 9.18 Å². The third-order valence-electron chi connectivity index (χ3n) is 3.74. The van der Waals surface area contributed by atoms with Crippen molar-refractivity contribution >= 4 is 22.4 Å². The number of nitrogens with zero attached hydrogens (tertiary/aromatic N) is 2. The molecule has 2 aromatic carbocycles. The van der Waals surface area contributed by atoms with Crippen LogP contribution in [0.4, 0.5) is 10.1 Å². The van der Waals surface area contributed by atoms with Crippen LogP contribution in [0.15, 0.2) is 47.3 Å². The molecule has 0 aliphatic rings. The van der Waals surface area contributed by atoms with Gasteiger partial charge in [-0.1, -0.05) is 24.3 Å². The Hall–Kier alpha value is -3.02. The van der Waals surface area contributed by atoms with Gasteiger partial charge in [-0.2, -0.15) is 5.10 Å². The summed E-state index contributed by atoms with van der Waals surface area (Å²) in [5.74, 6) is -1.03. The Kier molecular flexibility index (Phi) is 4.12. The molecule has 1 amide bonds. The molecule has 0 radical (unpaired) electrons. The van der Waals surface area contributed by atoms with Gasteiger partial charge >= 0.3 is 0 Å². The first-order chi connectivity index (χ1) is 11.5. The molecule has 3 rings (SSSR count). The summed E-state index contributed by atoms with van der Waals surface area (Å²) < 4.78 is 14.9. The van der Waals surface area contributed by atoms with Crippen molar-refractivity contribution in [3.05, 3.63) is 69.9 Å². The Morgan fingerprint density at radius 3 is 2.58 bits per heavy atom. The fourth-order valence-electron chi connectivity index (χ4n) is 2.56. The summed E-state index contributed by atoms with van der Waals surface area (Å²) in [7, 11) is 0. The molecular weight excluding hydrogens is 309 g/mol. The van der Waals surface area contributed by atoms with Crippen LogP contribution in [0.2, 0.25) is 0 Å². The van der Waals surface area contributed by atoms with Gasteiger partial charge in [0.05, 0.1) is 16.8 Å². The average molecular weight is 325 g/mol. The minimum absolute atomic E-state index is 0.0798. The van der Waals surface area contributed by atoms with Crippen molar-refractivity contribution in [1.29, 1.82) is 0 Å². The van der Waals surface area contributed by atoms with E-state index >= 15 is 0 Å². The van der Waals surface area contributed by atoms with E-state index in [1.807, 2.05) is 12.1 Å². The first-order valence-electron chi connectivity index (χ1n) is 7.48. The van der Waals surface area contributed by atoms with E-state index in [0.29, 0.717) is 11.1 Å². The Morgan fingerprint density at radius 1 is 1.17 bits per heavy atom. The zero-order chi connectivity index (χ0) is 17.3. The van der Waals surface area contributed by atoms with E-state index in [0.717, 1.165) is 15.6 Å². The van der Waals surface area contributed by atoms with Gasteiger partial charge in [-0.05, 0) is 37.6 Å². The number of hydrogen-bond acceptors (Lipinski definition) is 3. The minimum Gasteiger partial charge on any atom is -0.322 e. The molecule has 0 aliphatic heterocycles. The second-order valence-corrected chi connectivity index (χ2v) is 5.63. The molecule has 122 valence electrons. The number of carbonyl (C=O) groups excluding carboxylic acids is 1. The summed E-state index contributed by atoms with van der Waals surface area (Å²) in [6, 6.07) is 11.6. The topological polar surface area (TPSA) is 64.0 Å². The van der Waals surface area contributed by atoms with Crippen LogP contribution in [-0.2, 0) is 11.3 Å². The second kappa shape index (κ2) is 6.23. The summed E-state index contributed by atoms with van der Waals surface area (Å²) in [4.78, 5) is 24.6. The molecule has 1 N–H and O–H groups in total. The van der Waals surface area contributed by atoms with E-state index in [9.17, 15) is 14.0 Å². The minimum atomic E-state index is -0.515. The van der Waals surface area contributed by atoms with Gasteiger partial charge in [0.1, 0.15) is 12.4 Å². The van der Waals surface area contributed by atoms with Gasteiger partial charge in [0.15, 0.2) is 0 Å². The van der Waals surface area contributed by atoms with E-state index in [-0.39, 0.29) is 17.8 Å². The fourth-order valence-corrected chi connectivity index (χ4v) is 2.56. The quantitative estimate of drug-likeness (QED) is 0.805. The summed E-state index contributed by atoms with van der Waals surface area (Å²) in [5, 5.41) is 7.89. The monoisotopic (exact) mass is 325 g/mol. The summed E-state index contributed by atoms with van der Waals surface area (Å²) in [6.07, 6.45) is 0. The molecule has 0 spiro atoms. The molecule has 0 aliphatic carbocycles. The van der Waals surface area contributed by atoms with Crippen molar-refractivity contribution in [3.63, 3.8) is 0 Å². The molecule has 1 aromatic heterocycles. The molecule has 5 nitrogen and oxygen atoms in total. The third kappa shape index (κ3) is 3.03. The number of rotatable bonds is 3. The number of nitrogens with one attached hydrogen (secondary N) is 1. The SMILES string of the molecule is Cc1ccc(NC(=O)Cn2nc(C)c3ccccc3c2=O)c(F)c1. The summed E-state index contributed by atoms with van der Waals surface area (Å²) >= 11 is 0. The molecule has 3 aromatic rings. The van der Waals surface area contributed by atoms with Crippen LogP contribution in [0.25, 0.3) is 10.8 Å². The largest absolute Gasteiger partial charge is 0.322 e. The van der Waals surface area contributed by atoms with Crippen LogP contribution in [0, 0.1) is 19.7 Å². The fraction of sp³-hybridized carbons (Fsp3) is 0.167.